The Bertz CT molecular complexity index is 198. The van der Waals surface area contributed by atoms with E-state index in [0.717, 1.165) is 19.4 Å². The molecule has 1 heterocycles. The monoisotopic (exact) mass is 151 g/mol. The molecule has 60 valence electrons. The van der Waals surface area contributed by atoms with Gasteiger partial charge in [-0.3, -0.25) is 4.79 Å². The Kier molecular flexibility index (Phi) is 1.68. The third-order valence-corrected chi connectivity index (χ3v) is 2.71. The molecule has 0 aromatic carbocycles. The number of hydrogen-bond donors (Lipinski definition) is 0. The number of rotatable bonds is 1. The second kappa shape index (κ2) is 2.68. The van der Waals surface area contributed by atoms with Gasteiger partial charge in [0.1, 0.15) is 0 Å². The SMILES string of the molecule is O=CN1CCC2CCCC=C21. The molecule has 1 unspecified atom stereocenters. The minimum Gasteiger partial charge on any atom is -0.319 e. The average molecular weight is 151 g/mol. The summed E-state index contributed by atoms with van der Waals surface area (Å²) < 4.78 is 0. The highest BCUT2D eigenvalue weighted by Gasteiger charge is 2.28. The van der Waals surface area contributed by atoms with Crippen LogP contribution in [0.25, 0.3) is 0 Å². The zero-order chi connectivity index (χ0) is 7.68. The van der Waals surface area contributed by atoms with Crippen molar-refractivity contribution in [2.75, 3.05) is 6.54 Å². The molecule has 11 heavy (non-hydrogen) atoms. The lowest BCUT2D eigenvalue weighted by atomic mass is 9.93. The number of likely N-dealkylation sites (tertiary alicyclic amines) is 1. The molecule has 0 radical (unpaired) electrons. The van der Waals surface area contributed by atoms with E-state index in [-0.39, 0.29) is 0 Å². The van der Waals surface area contributed by atoms with E-state index in [1.54, 1.807) is 0 Å². The summed E-state index contributed by atoms with van der Waals surface area (Å²) in [5.41, 5.74) is 1.30. The number of carbonyl (C=O) groups is 1. The van der Waals surface area contributed by atoms with E-state index in [9.17, 15) is 4.79 Å². The van der Waals surface area contributed by atoms with Crippen molar-refractivity contribution in [2.24, 2.45) is 5.92 Å². The van der Waals surface area contributed by atoms with Gasteiger partial charge in [0.05, 0.1) is 0 Å². The van der Waals surface area contributed by atoms with E-state index in [1.807, 2.05) is 4.90 Å². The molecule has 0 saturated carbocycles. The van der Waals surface area contributed by atoms with E-state index < -0.39 is 0 Å². The summed E-state index contributed by atoms with van der Waals surface area (Å²) in [5, 5.41) is 0. The highest BCUT2D eigenvalue weighted by Crippen LogP contribution is 2.34. The summed E-state index contributed by atoms with van der Waals surface area (Å²) >= 11 is 0. The normalized spacial score (nSPS) is 29.6. The molecule has 1 saturated heterocycles. The number of amides is 1. The van der Waals surface area contributed by atoms with Gasteiger partial charge in [-0.05, 0) is 25.7 Å². The lowest BCUT2D eigenvalue weighted by Crippen LogP contribution is -2.17. The molecule has 0 spiro atoms. The number of nitrogens with zero attached hydrogens (tertiary/aromatic N) is 1. The van der Waals surface area contributed by atoms with Crippen molar-refractivity contribution in [1.29, 1.82) is 0 Å². The van der Waals surface area contributed by atoms with Crippen LogP contribution in [0.2, 0.25) is 0 Å². The lowest BCUT2D eigenvalue weighted by molar-refractivity contribution is -0.116. The van der Waals surface area contributed by atoms with Gasteiger partial charge in [-0.15, -0.1) is 0 Å². The van der Waals surface area contributed by atoms with Gasteiger partial charge in [0.25, 0.3) is 0 Å². The van der Waals surface area contributed by atoms with Crippen LogP contribution >= 0.6 is 0 Å². The molecule has 1 aliphatic carbocycles. The Morgan fingerprint density at radius 2 is 2.45 bits per heavy atom. The Morgan fingerprint density at radius 3 is 3.27 bits per heavy atom. The minimum absolute atomic E-state index is 0.703. The first-order valence-corrected chi connectivity index (χ1v) is 4.34. The largest absolute Gasteiger partial charge is 0.319 e. The van der Waals surface area contributed by atoms with E-state index in [1.165, 1.54) is 25.0 Å². The van der Waals surface area contributed by atoms with Crippen molar-refractivity contribution in [3.05, 3.63) is 11.8 Å². The summed E-state index contributed by atoms with van der Waals surface area (Å²) in [5.74, 6) is 0.703. The van der Waals surface area contributed by atoms with Crippen molar-refractivity contribution in [2.45, 2.75) is 25.7 Å². The molecule has 0 N–H and O–H groups in total. The standard InChI is InChI=1S/C9H13NO/c11-7-10-6-5-8-3-1-2-4-9(8)10/h4,7-8H,1-3,5-6H2. The summed E-state index contributed by atoms with van der Waals surface area (Å²) in [6, 6.07) is 0. The fourth-order valence-corrected chi connectivity index (χ4v) is 2.11. The maximum Gasteiger partial charge on any atom is 0.213 e. The molecule has 0 aromatic rings. The Balaban J connectivity index is 2.19. The molecular formula is C9H13NO. The van der Waals surface area contributed by atoms with Crippen LogP contribution in [-0.2, 0) is 4.79 Å². The van der Waals surface area contributed by atoms with E-state index in [0.29, 0.717) is 5.92 Å². The highest BCUT2D eigenvalue weighted by molar-refractivity contribution is 5.52. The smallest absolute Gasteiger partial charge is 0.213 e. The number of hydrogen-bond acceptors (Lipinski definition) is 1. The van der Waals surface area contributed by atoms with Gasteiger partial charge in [0.15, 0.2) is 0 Å². The van der Waals surface area contributed by atoms with Gasteiger partial charge in [-0.2, -0.15) is 0 Å². The lowest BCUT2D eigenvalue weighted by Gasteiger charge is -2.19. The first-order chi connectivity index (χ1) is 5.42. The quantitative estimate of drug-likeness (QED) is 0.520. The molecular weight excluding hydrogens is 138 g/mol. The zero-order valence-corrected chi connectivity index (χ0v) is 6.62. The van der Waals surface area contributed by atoms with Crippen molar-refractivity contribution >= 4 is 6.41 Å². The molecule has 2 nitrogen and oxygen atoms in total. The third kappa shape index (κ3) is 1.06. The van der Waals surface area contributed by atoms with Crippen LogP contribution in [-0.4, -0.2) is 17.9 Å². The zero-order valence-electron chi connectivity index (χ0n) is 6.62. The van der Waals surface area contributed by atoms with Crippen molar-refractivity contribution < 1.29 is 4.79 Å². The van der Waals surface area contributed by atoms with Crippen molar-refractivity contribution in [3.8, 4) is 0 Å². The molecule has 2 rings (SSSR count). The van der Waals surface area contributed by atoms with Crippen LogP contribution in [0.5, 0.6) is 0 Å². The van der Waals surface area contributed by atoms with Crippen molar-refractivity contribution in [3.63, 3.8) is 0 Å². The highest BCUT2D eigenvalue weighted by atomic mass is 16.1. The maximum absolute atomic E-state index is 10.5. The summed E-state index contributed by atoms with van der Waals surface area (Å²) in [7, 11) is 0. The Morgan fingerprint density at radius 1 is 1.55 bits per heavy atom. The van der Waals surface area contributed by atoms with Gasteiger partial charge in [0, 0.05) is 18.2 Å². The second-order valence-corrected chi connectivity index (χ2v) is 3.34. The molecule has 1 fully saturated rings. The third-order valence-electron chi connectivity index (χ3n) is 2.71. The summed E-state index contributed by atoms with van der Waals surface area (Å²) in [6.07, 6.45) is 8.14. The maximum atomic E-state index is 10.5. The first kappa shape index (κ1) is 6.89. The molecule has 1 amide bonds. The van der Waals surface area contributed by atoms with E-state index in [4.69, 9.17) is 0 Å². The molecule has 0 aromatic heterocycles. The summed E-state index contributed by atoms with van der Waals surface area (Å²) in [6.45, 7) is 0.944. The van der Waals surface area contributed by atoms with Crippen molar-refractivity contribution in [1.82, 2.24) is 4.90 Å². The summed E-state index contributed by atoms with van der Waals surface area (Å²) in [4.78, 5) is 12.4. The molecule has 0 bridgehead atoms. The second-order valence-electron chi connectivity index (χ2n) is 3.34. The van der Waals surface area contributed by atoms with Gasteiger partial charge < -0.3 is 4.90 Å². The van der Waals surface area contributed by atoms with Gasteiger partial charge in [-0.25, -0.2) is 0 Å². The number of carbonyl (C=O) groups excluding carboxylic acids is 1. The predicted molar refractivity (Wildman–Crippen MR) is 42.8 cm³/mol. The Hall–Kier alpha value is -0.790. The van der Waals surface area contributed by atoms with E-state index >= 15 is 0 Å². The number of fused-ring (bicyclic) bond motifs is 1. The van der Waals surface area contributed by atoms with Gasteiger partial charge in [-0.1, -0.05) is 6.08 Å². The topological polar surface area (TPSA) is 20.3 Å². The van der Waals surface area contributed by atoms with Crippen LogP contribution < -0.4 is 0 Å². The molecule has 2 aliphatic rings. The van der Waals surface area contributed by atoms with Crippen LogP contribution in [0, 0.1) is 5.92 Å². The molecule has 1 aliphatic heterocycles. The fourth-order valence-electron chi connectivity index (χ4n) is 2.11. The molecule has 1 atom stereocenters. The van der Waals surface area contributed by atoms with Crippen LogP contribution in [0.1, 0.15) is 25.7 Å². The van der Waals surface area contributed by atoms with Crippen LogP contribution in [0.4, 0.5) is 0 Å². The van der Waals surface area contributed by atoms with Crippen LogP contribution in [0.15, 0.2) is 11.8 Å². The van der Waals surface area contributed by atoms with E-state index in [2.05, 4.69) is 6.08 Å². The van der Waals surface area contributed by atoms with Gasteiger partial charge >= 0.3 is 0 Å². The van der Waals surface area contributed by atoms with Crippen LogP contribution in [0.3, 0.4) is 0 Å². The molecule has 2 heteroatoms. The average Bonchev–Trinajstić information content (AvgIpc) is 2.47. The number of allylic oxidation sites excluding steroid dienone is 2. The predicted octanol–water partition coefficient (Wildman–Crippen LogP) is 1.53. The van der Waals surface area contributed by atoms with Gasteiger partial charge in [0.2, 0.25) is 6.41 Å². The first-order valence-electron chi connectivity index (χ1n) is 4.34. The minimum atomic E-state index is 0.703. The fraction of sp³-hybridized carbons (Fsp3) is 0.667. The Labute approximate surface area is 66.9 Å².